The highest BCUT2D eigenvalue weighted by molar-refractivity contribution is 5.89. The van der Waals surface area contributed by atoms with Crippen molar-refractivity contribution in [3.8, 4) is 0 Å². The second-order valence-corrected chi connectivity index (χ2v) is 10.2. The molecule has 8 heteroatoms. The fourth-order valence-electron chi connectivity index (χ4n) is 5.50. The molecule has 2 fully saturated rings. The molecule has 8 nitrogen and oxygen atoms in total. The number of hydrogen-bond acceptors (Lipinski definition) is 6. The van der Waals surface area contributed by atoms with Crippen LogP contribution in [-0.2, 0) is 16.1 Å². The summed E-state index contributed by atoms with van der Waals surface area (Å²) < 4.78 is 13.5. The number of aliphatic hydroxyl groups excluding tert-OH is 2. The van der Waals surface area contributed by atoms with E-state index in [2.05, 4.69) is 27.7 Å². The van der Waals surface area contributed by atoms with Crippen molar-refractivity contribution < 1.29 is 24.5 Å². The number of nitrogens with zero attached hydrogens (tertiary/aromatic N) is 1. The van der Waals surface area contributed by atoms with Crippen molar-refractivity contribution in [3.05, 3.63) is 101 Å². The Morgan fingerprint density at radius 2 is 1.74 bits per heavy atom. The fourth-order valence-corrected chi connectivity index (χ4v) is 5.50. The van der Waals surface area contributed by atoms with E-state index in [1.807, 2.05) is 73.7 Å². The molecule has 39 heavy (non-hydrogen) atoms. The molecule has 5 atom stereocenters. The average Bonchev–Trinajstić information content (AvgIpc) is 3.37. The molecule has 0 radical (unpaired) electrons. The summed E-state index contributed by atoms with van der Waals surface area (Å²) >= 11 is 0. The van der Waals surface area contributed by atoms with Crippen molar-refractivity contribution in [2.75, 3.05) is 31.5 Å². The third kappa shape index (κ3) is 6.66. The van der Waals surface area contributed by atoms with E-state index in [0.29, 0.717) is 25.3 Å². The average molecular weight is 532 g/mol. The predicted molar refractivity (Wildman–Crippen MR) is 149 cm³/mol. The van der Waals surface area contributed by atoms with Crippen LogP contribution < -0.4 is 10.6 Å². The number of carbonyl (C=O) groups is 1. The lowest BCUT2D eigenvalue weighted by molar-refractivity contribution is -0.263. The van der Waals surface area contributed by atoms with E-state index in [-0.39, 0.29) is 36.9 Å². The van der Waals surface area contributed by atoms with Gasteiger partial charge in [-0.15, -0.1) is 0 Å². The van der Waals surface area contributed by atoms with Crippen molar-refractivity contribution >= 4 is 11.7 Å². The van der Waals surface area contributed by atoms with Crippen LogP contribution in [0, 0.1) is 0 Å². The third-order valence-electron chi connectivity index (χ3n) is 7.41. The van der Waals surface area contributed by atoms with E-state index < -0.39 is 6.29 Å². The molecule has 2 aliphatic heterocycles. The number of carbonyl (C=O) groups excluding carboxylic acids is 1. The van der Waals surface area contributed by atoms with Gasteiger partial charge in [-0.1, -0.05) is 66.7 Å². The Labute approximate surface area is 229 Å². The molecule has 0 saturated carbocycles. The van der Waals surface area contributed by atoms with Gasteiger partial charge in [-0.3, -0.25) is 4.90 Å². The second kappa shape index (κ2) is 12.7. The van der Waals surface area contributed by atoms with Crippen LogP contribution in [0.4, 0.5) is 10.5 Å². The van der Waals surface area contributed by atoms with Crippen molar-refractivity contribution in [3.63, 3.8) is 0 Å². The van der Waals surface area contributed by atoms with Gasteiger partial charge < -0.3 is 30.3 Å². The number of hydrogen-bond donors (Lipinski definition) is 4. The van der Waals surface area contributed by atoms with Gasteiger partial charge in [-0.2, -0.15) is 0 Å². The smallest absolute Gasteiger partial charge is 0.319 e. The van der Waals surface area contributed by atoms with Gasteiger partial charge in [0.25, 0.3) is 0 Å². The minimum Gasteiger partial charge on any atom is -0.392 e. The lowest BCUT2D eigenvalue weighted by atomic mass is 9.83. The van der Waals surface area contributed by atoms with E-state index in [0.717, 1.165) is 35.2 Å². The zero-order valence-electron chi connectivity index (χ0n) is 22.2. The standard InChI is InChI=1S/C31H37N3O5/c1-2-32-31(37)33-25-10-6-9-24(17-25)30-38-27(19-34-16-15-26(36)18-34)28(22-7-4-3-5-8-22)29(39-30)23-13-11-21(20-35)12-14-23/h3-14,17,26-30,35-36H,2,15-16,18-20H2,1H3,(H2,32,33,37). The molecule has 2 heterocycles. The Balaban J connectivity index is 1.51. The first-order valence-corrected chi connectivity index (χ1v) is 13.6. The molecule has 0 aliphatic carbocycles. The number of rotatable bonds is 8. The van der Waals surface area contributed by atoms with Crippen molar-refractivity contribution in [2.45, 2.75) is 50.5 Å². The van der Waals surface area contributed by atoms with E-state index >= 15 is 0 Å². The monoisotopic (exact) mass is 531 g/mol. The number of benzene rings is 3. The zero-order valence-corrected chi connectivity index (χ0v) is 22.2. The van der Waals surface area contributed by atoms with Crippen LogP contribution in [-0.4, -0.2) is 59.5 Å². The molecule has 0 aromatic heterocycles. The minimum absolute atomic E-state index is 0.0229. The van der Waals surface area contributed by atoms with Crippen LogP contribution in [0.5, 0.6) is 0 Å². The van der Waals surface area contributed by atoms with E-state index in [4.69, 9.17) is 9.47 Å². The summed E-state index contributed by atoms with van der Waals surface area (Å²) in [4.78, 5) is 14.4. The Morgan fingerprint density at radius 3 is 2.44 bits per heavy atom. The van der Waals surface area contributed by atoms with Gasteiger partial charge in [-0.05, 0) is 42.2 Å². The lowest BCUT2D eigenvalue weighted by Crippen LogP contribution is -2.44. The van der Waals surface area contributed by atoms with Crippen LogP contribution in [0.25, 0.3) is 0 Å². The summed E-state index contributed by atoms with van der Waals surface area (Å²) in [6.07, 6.45) is -0.784. The van der Waals surface area contributed by atoms with Crippen molar-refractivity contribution in [2.24, 2.45) is 0 Å². The summed E-state index contributed by atoms with van der Waals surface area (Å²) in [5.74, 6) is -0.100. The SMILES string of the molecule is CCNC(=O)Nc1cccc(C2OC(CN3CCC(O)C3)C(c3ccccc3)C(c3ccc(CO)cc3)O2)c1. The molecule has 5 unspecified atom stereocenters. The molecule has 2 aliphatic rings. The Bertz CT molecular complexity index is 1220. The first-order valence-electron chi connectivity index (χ1n) is 13.6. The Kier molecular flexibility index (Phi) is 8.91. The molecule has 0 spiro atoms. The molecule has 5 rings (SSSR count). The molecule has 3 aromatic carbocycles. The number of aliphatic hydroxyl groups is 2. The van der Waals surface area contributed by atoms with Gasteiger partial charge in [-0.25, -0.2) is 4.79 Å². The van der Waals surface area contributed by atoms with Crippen LogP contribution in [0.1, 0.15) is 53.9 Å². The highest BCUT2D eigenvalue weighted by atomic mass is 16.7. The maximum absolute atomic E-state index is 12.1. The summed E-state index contributed by atoms with van der Waals surface area (Å²) in [5, 5.41) is 25.4. The third-order valence-corrected chi connectivity index (χ3v) is 7.41. The number of amides is 2. The normalized spacial score (nSPS) is 25.4. The number of nitrogens with one attached hydrogen (secondary N) is 2. The van der Waals surface area contributed by atoms with Crippen LogP contribution in [0.2, 0.25) is 0 Å². The number of anilines is 1. The minimum atomic E-state index is -0.666. The Morgan fingerprint density at radius 1 is 0.974 bits per heavy atom. The van der Waals surface area contributed by atoms with Crippen molar-refractivity contribution in [1.29, 1.82) is 0 Å². The Hall–Kier alpha value is -3.27. The second-order valence-electron chi connectivity index (χ2n) is 10.2. The fraction of sp³-hybridized carbons (Fsp3) is 0.387. The van der Waals surface area contributed by atoms with Gasteiger partial charge in [0.15, 0.2) is 6.29 Å². The first-order chi connectivity index (χ1) is 19.0. The topological polar surface area (TPSA) is 103 Å². The van der Waals surface area contributed by atoms with Gasteiger partial charge in [0, 0.05) is 43.3 Å². The molecule has 2 saturated heterocycles. The number of likely N-dealkylation sites (tertiary alicyclic amines) is 1. The summed E-state index contributed by atoms with van der Waals surface area (Å²) in [7, 11) is 0. The van der Waals surface area contributed by atoms with Gasteiger partial charge in [0.05, 0.1) is 24.9 Å². The van der Waals surface area contributed by atoms with E-state index in [1.165, 1.54) is 0 Å². The number of urea groups is 1. The molecule has 0 bridgehead atoms. The van der Waals surface area contributed by atoms with Crippen LogP contribution >= 0.6 is 0 Å². The van der Waals surface area contributed by atoms with Crippen LogP contribution in [0.15, 0.2) is 78.9 Å². The quantitative estimate of drug-likeness (QED) is 0.345. The zero-order chi connectivity index (χ0) is 27.2. The number of ether oxygens (including phenoxy) is 2. The lowest BCUT2D eigenvalue weighted by Gasteiger charge is -2.44. The molecular weight excluding hydrogens is 494 g/mol. The summed E-state index contributed by atoms with van der Waals surface area (Å²) in [6.45, 7) is 4.47. The molecule has 206 valence electrons. The summed E-state index contributed by atoms with van der Waals surface area (Å²) in [6, 6.07) is 25.4. The molecular formula is C31H37N3O5. The number of β-amino-alcohol motifs (C(OH)–C–C–N with tert-alkyl or cyclic N) is 1. The molecule has 3 aromatic rings. The van der Waals surface area contributed by atoms with Gasteiger partial charge in [0.2, 0.25) is 0 Å². The largest absolute Gasteiger partial charge is 0.392 e. The maximum atomic E-state index is 12.1. The van der Waals surface area contributed by atoms with E-state index in [1.54, 1.807) is 0 Å². The van der Waals surface area contributed by atoms with Crippen molar-refractivity contribution in [1.82, 2.24) is 10.2 Å². The van der Waals surface area contributed by atoms with E-state index in [9.17, 15) is 15.0 Å². The first kappa shape index (κ1) is 27.3. The predicted octanol–water partition coefficient (Wildman–Crippen LogP) is 4.33. The highest BCUT2D eigenvalue weighted by Gasteiger charge is 2.43. The summed E-state index contributed by atoms with van der Waals surface area (Å²) in [5.41, 5.74) is 4.41. The molecule has 2 amide bonds. The van der Waals surface area contributed by atoms with Gasteiger partial charge in [0.1, 0.15) is 0 Å². The highest BCUT2D eigenvalue weighted by Crippen LogP contribution is 2.47. The molecule has 4 N–H and O–H groups in total. The van der Waals surface area contributed by atoms with Gasteiger partial charge >= 0.3 is 6.03 Å². The van der Waals surface area contributed by atoms with Crippen LogP contribution in [0.3, 0.4) is 0 Å². The maximum Gasteiger partial charge on any atom is 0.319 e.